The van der Waals surface area contributed by atoms with Crippen molar-refractivity contribution in [1.82, 2.24) is 9.21 Å². The highest BCUT2D eigenvalue weighted by molar-refractivity contribution is 9.10. The molecule has 186 valence electrons. The molecule has 10 heteroatoms. The molecule has 0 radical (unpaired) electrons. The Morgan fingerprint density at radius 2 is 1.89 bits per heavy atom. The molecule has 4 rings (SSSR count). The lowest BCUT2D eigenvalue weighted by Crippen LogP contribution is -2.41. The van der Waals surface area contributed by atoms with Crippen LogP contribution >= 0.6 is 38.9 Å². The Labute approximate surface area is 223 Å². The highest BCUT2D eigenvalue weighted by atomic mass is 79.9. The van der Waals surface area contributed by atoms with E-state index < -0.39 is 10.0 Å². The summed E-state index contributed by atoms with van der Waals surface area (Å²) in [4.78, 5) is 16.9. The number of rotatable bonds is 8. The number of amides is 1. The summed E-state index contributed by atoms with van der Waals surface area (Å²) in [5.41, 5.74) is 1.27. The maximum Gasteiger partial charge on any atom is 0.254 e. The minimum atomic E-state index is -3.78. The van der Waals surface area contributed by atoms with E-state index in [1.807, 2.05) is 30.5 Å². The van der Waals surface area contributed by atoms with E-state index in [1.165, 1.54) is 15.2 Å². The Kier molecular flexibility index (Phi) is 8.67. The van der Waals surface area contributed by atoms with Gasteiger partial charge in [-0.25, -0.2) is 8.42 Å². The molecule has 3 aromatic rings. The molecule has 2 heterocycles. The molecule has 6 nitrogen and oxygen atoms in total. The van der Waals surface area contributed by atoms with Gasteiger partial charge >= 0.3 is 0 Å². The molecule has 1 aliphatic heterocycles. The van der Waals surface area contributed by atoms with E-state index in [9.17, 15) is 13.2 Å². The lowest BCUT2D eigenvalue weighted by atomic mass is 10.1. The number of carbonyl (C=O) groups excluding carboxylic acids is 1. The Balaban J connectivity index is 1.66. The monoisotopic (exact) mass is 596 g/mol. The van der Waals surface area contributed by atoms with E-state index in [0.29, 0.717) is 41.2 Å². The number of ether oxygens (including phenoxy) is 1. The first-order chi connectivity index (χ1) is 16.8. The summed E-state index contributed by atoms with van der Waals surface area (Å²) in [6.45, 7) is 3.66. The first-order valence-corrected chi connectivity index (χ1v) is 14.7. The third-order valence-electron chi connectivity index (χ3n) is 5.90. The number of hydrogen-bond donors (Lipinski definition) is 0. The fourth-order valence-electron chi connectivity index (χ4n) is 3.97. The van der Waals surface area contributed by atoms with Crippen LogP contribution in [0.2, 0.25) is 5.02 Å². The molecule has 0 spiro atoms. The highest BCUT2D eigenvalue weighted by Gasteiger charge is 2.30. The van der Waals surface area contributed by atoms with Gasteiger partial charge in [0.2, 0.25) is 10.0 Å². The van der Waals surface area contributed by atoms with Gasteiger partial charge in [0.05, 0.1) is 18.1 Å². The van der Waals surface area contributed by atoms with Gasteiger partial charge in [0, 0.05) is 52.0 Å². The number of carbonyl (C=O) groups is 1. The Hall–Kier alpha value is -1.75. The fraction of sp³-hybridized carbons (Fsp3) is 0.320. The average Bonchev–Trinajstić information content (AvgIpc) is 3.37. The number of nitrogens with zero attached hydrogens (tertiary/aromatic N) is 2. The van der Waals surface area contributed by atoms with Crippen LogP contribution in [-0.2, 0) is 27.7 Å². The molecule has 1 unspecified atom stereocenters. The molecule has 1 aliphatic rings. The molecule has 1 fully saturated rings. The zero-order chi connectivity index (χ0) is 25.0. The molecule has 0 bridgehead atoms. The van der Waals surface area contributed by atoms with Crippen LogP contribution in [0.3, 0.4) is 0 Å². The van der Waals surface area contributed by atoms with Crippen LogP contribution in [0, 0.1) is 0 Å². The van der Waals surface area contributed by atoms with Crippen molar-refractivity contribution in [2.45, 2.75) is 30.8 Å². The van der Waals surface area contributed by atoms with Gasteiger partial charge in [0.15, 0.2) is 0 Å². The van der Waals surface area contributed by atoms with Crippen molar-refractivity contribution in [3.05, 3.63) is 85.5 Å². The lowest BCUT2D eigenvalue weighted by molar-refractivity contribution is 0.0675. The quantitative estimate of drug-likeness (QED) is 0.346. The molecule has 0 aliphatic carbocycles. The van der Waals surface area contributed by atoms with E-state index in [4.69, 9.17) is 16.3 Å². The predicted molar refractivity (Wildman–Crippen MR) is 143 cm³/mol. The van der Waals surface area contributed by atoms with Gasteiger partial charge < -0.3 is 9.64 Å². The van der Waals surface area contributed by atoms with Gasteiger partial charge in [0.1, 0.15) is 0 Å². The van der Waals surface area contributed by atoms with Crippen molar-refractivity contribution in [2.75, 3.05) is 26.3 Å². The molecule has 0 N–H and O–H groups in total. The Morgan fingerprint density at radius 1 is 1.17 bits per heavy atom. The first-order valence-electron chi connectivity index (χ1n) is 11.2. The summed E-state index contributed by atoms with van der Waals surface area (Å²) < 4.78 is 33.8. The van der Waals surface area contributed by atoms with Crippen molar-refractivity contribution < 1.29 is 17.9 Å². The second-order valence-corrected chi connectivity index (χ2v) is 12.6. The minimum absolute atomic E-state index is 0.0857. The summed E-state index contributed by atoms with van der Waals surface area (Å²) >= 11 is 11.1. The third kappa shape index (κ3) is 6.34. The summed E-state index contributed by atoms with van der Waals surface area (Å²) in [5, 5.41) is 2.65. The maximum absolute atomic E-state index is 13.8. The van der Waals surface area contributed by atoms with Gasteiger partial charge in [-0.05, 0) is 70.2 Å². The van der Waals surface area contributed by atoms with Crippen molar-refractivity contribution in [3.8, 4) is 0 Å². The van der Waals surface area contributed by atoms with Gasteiger partial charge in [0.25, 0.3) is 5.91 Å². The molecule has 0 saturated carbocycles. The molecule has 1 aromatic heterocycles. The molecular formula is C25H26BrClN2O4S2. The van der Waals surface area contributed by atoms with E-state index in [2.05, 4.69) is 22.0 Å². The van der Waals surface area contributed by atoms with Crippen LogP contribution in [0.1, 0.15) is 27.7 Å². The molecule has 1 amide bonds. The largest absolute Gasteiger partial charge is 0.379 e. The molecular weight excluding hydrogens is 572 g/mol. The smallest absolute Gasteiger partial charge is 0.254 e. The fourth-order valence-corrected chi connectivity index (χ4v) is 7.28. The van der Waals surface area contributed by atoms with Crippen LogP contribution < -0.4 is 0 Å². The minimum Gasteiger partial charge on any atom is -0.379 e. The van der Waals surface area contributed by atoms with Crippen molar-refractivity contribution in [3.63, 3.8) is 0 Å². The van der Waals surface area contributed by atoms with E-state index in [0.717, 1.165) is 5.56 Å². The maximum atomic E-state index is 13.8. The number of benzene rings is 2. The average molecular weight is 598 g/mol. The van der Waals surface area contributed by atoms with Crippen LogP contribution in [-0.4, -0.2) is 55.9 Å². The SMILES string of the molecule is CC(Cc1cccs1)N(Cc1ccc(Cl)cc1)C(=O)c1ccc(Br)c(S(=O)(=O)N2CCOCC2)c1. The second-order valence-electron chi connectivity index (χ2n) is 8.35. The van der Waals surface area contributed by atoms with Crippen molar-refractivity contribution in [1.29, 1.82) is 0 Å². The topological polar surface area (TPSA) is 66.9 Å². The van der Waals surface area contributed by atoms with Gasteiger partial charge in [-0.3, -0.25) is 4.79 Å². The van der Waals surface area contributed by atoms with E-state index in [1.54, 1.807) is 40.5 Å². The van der Waals surface area contributed by atoms with E-state index in [-0.39, 0.29) is 29.9 Å². The summed E-state index contributed by atoms with van der Waals surface area (Å²) in [6.07, 6.45) is 0.701. The first kappa shape index (κ1) is 26.3. The standard InChI is InChI=1S/C25H26BrClN2O4S2/c1-18(15-22-3-2-14-34-22)29(17-19-4-7-21(27)8-5-19)25(30)20-6-9-23(26)24(16-20)35(31,32)28-10-12-33-13-11-28/h2-9,14,16,18H,10-13,15,17H2,1H3. The van der Waals surface area contributed by atoms with E-state index >= 15 is 0 Å². The lowest BCUT2D eigenvalue weighted by Gasteiger charge is -2.30. The summed E-state index contributed by atoms with van der Waals surface area (Å²) in [5.74, 6) is -0.227. The second kappa shape index (κ2) is 11.5. The van der Waals surface area contributed by atoms with Crippen LogP contribution in [0.5, 0.6) is 0 Å². The summed E-state index contributed by atoms with van der Waals surface area (Å²) in [7, 11) is -3.78. The van der Waals surface area contributed by atoms with Crippen LogP contribution in [0.4, 0.5) is 0 Å². The highest BCUT2D eigenvalue weighted by Crippen LogP contribution is 2.28. The van der Waals surface area contributed by atoms with Gasteiger partial charge in [-0.15, -0.1) is 11.3 Å². The number of hydrogen-bond acceptors (Lipinski definition) is 5. The summed E-state index contributed by atoms with van der Waals surface area (Å²) in [6, 6.07) is 16.1. The van der Waals surface area contributed by atoms with Crippen LogP contribution in [0.15, 0.2) is 69.3 Å². The number of morpholine rings is 1. The molecule has 35 heavy (non-hydrogen) atoms. The van der Waals surface area contributed by atoms with Crippen LogP contribution in [0.25, 0.3) is 0 Å². The molecule has 1 saturated heterocycles. The predicted octanol–water partition coefficient (Wildman–Crippen LogP) is 5.46. The molecule has 1 atom stereocenters. The molecule has 2 aromatic carbocycles. The number of thiophene rings is 1. The Morgan fingerprint density at radius 3 is 2.54 bits per heavy atom. The number of halogens is 2. The van der Waals surface area contributed by atoms with Crippen molar-refractivity contribution >= 4 is 54.8 Å². The van der Waals surface area contributed by atoms with Gasteiger partial charge in [-0.2, -0.15) is 4.31 Å². The normalized spacial score (nSPS) is 15.6. The third-order valence-corrected chi connectivity index (χ3v) is 9.95. The number of sulfonamides is 1. The zero-order valence-corrected chi connectivity index (χ0v) is 23.2. The Bertz CT molecular complexity index is 1260. The van der Waals surface area contributed by atoms with Crippen molar-refractivity contribution in [2.24, 2.45) is 0 Å². The zero-order valence-electron chi connectivity index (χ0n) is 19.2. The van der Waals surface area contributed by atoms with Gasteiger partial charge in [-0.1, -0.05) is 29.8 Å².